The highest BCUT2D eigenvalue weighted by molar-refractivity contribution is 6.31. The lowest BCUT2D eigenvalue weighted by Gasteiger charge is -1.98. The third-order valence-electron chi connectivity index (χ3n) is 2.88. The van der Waals surface area contributed by atoms with Gasteiger partial charge in [0.25, 0.3) is 5.89 Å². The summed E-state index contributed by atoms with van der Waals surface area (Å²) in [6, 6.07) is 7.76. The van der Waals surface area contributed by atoms with Crippen LogP contribution in [0.4, 0.5) is 4.39 Å². The summed E-state index contributed by atoms with van der Waals surface area (Å²) in [6.45, 7) is 0.322. The van der Waals surface area contributed by atoms with Crippen LogP contribution in [0.25, 0.3) is 22.8 Å². The van der Waals surface area contributed by atoms with Crippen LogP contribution in [-0.2, 0) is 6.54 Å². The fourth-order valence-electron chi connectivity index (χ4n) is 1.82. The third kappa shape index (κ3) is 2.76. The maximum atomic E-state index is 13.2. The Balaban J connectivity index is 1.97. The van der Waals surface area contributed by atoms with E-state index in [-0.39, 0.29) is 5.02 Å². The minimum Gasteiger partial charge on any atom is -0.334 e. The van der Waals surface area contributed by atoms with Gasteiger partial charge >= 0.3 is 0 Å². The lowest BCUT2D eigenvalue weighted by Crippen LogP contribution is -1.98. The molecule has 2 aromatic heterocycles. The molecule has 0 amide bonds. The van der Waals surface area contributed by atoms with E-state index in [1.165, 1.54) is 18.2 Å². The van der Waals surface area contributed by atoms with Gasteiger partial charge in [-0.15, -0.1) is 0 Å². The fourth-order valence-corrected chi connectivity index (χ4v) is 2.00. The van der Waals surface area contributed by atoms with Crippen LogP contribution in [0.3, 0.4) is 0 Å². The molecule has 2 heterocycles. The standard InChI is InChI=1S/C14H10ClFN4O/c15-11-6-8(1-2-12(11)16)13-19-14(21-20-13)9-3-4-18-10(5-9)7-17/h1-6H,7,17H2. The first-order chi connectivity index (χ1) is 10.2. The maximum absolute atomic E-state index is 13.2. The molecule has 3 rings (SSSR count). The van der Waals surface area contributed by atoms with Crippen molar-refractivity contribution in [3.8, 4) is 22.8 Å². The molecule has 0 saturated heterocycles. The zero-order valence-electron chi connectivity index (χ0n) is 10.8. The molecule has 0 aliphatic rings. The molecule has 0 atom stereocenters. The molecule has 0 unspecified atom stereocenters. The third-order valence-corrected chi connectivity index (χ3v) is 3.17. The van der Waals surface area contributed by atoms with Crippen LogP contribution in [0.5, 0.6) is 0 Å². The second-order valence-corrected chi connectivity index (χ2v) is 4.70. The molecule has 0 fully saturated rings. The number of rotatable bonds is 3. The second-order valence-electron chi connectivity index (χ2n) is 4.29. The van der Waals surface area contributed by atoms with Gasteiger partial charge in [-0.05, 0) is 30.3 Å². The summed E-state index contributed by atoms with van der Waals surface area (Å²) in [7, 11) is 0. The SMILES string of the molecule is NCc1cc(-c2nc(-c3ccc(F)c(Cl)c3)no2)ccn1. The molecule has 7 heteroatoms. The Kier molecular flexibility index (Phi) is 3.64. The Bertz CT molecular complexity index is 790. The largest absolute Gasteiger partial charge is 0.334 e. The van der Waals surface area contributed by atoms with E-state index < -0.39 is 5.82 Å². The molecule has 1 aromatic carbocycles. The van der Waals surface area contributed by atoms with E-state index in [1.807, 2.05) is 0 Å². The van der Waals surface area contributed by atoms with E-state index in [0.717, 1.165) is 11.3 Å². The van der Waals surface area contributed by atoms with Crippen LogP contribution in [0, 0.1) is 5.82 Å². The van der Waals surface area contributed by atoms with E-state index in [1.54, 1.807) is 18.3 Å². The topological polar surface area (TPSA) is 77.8 Å². The Morgan fingerprint density at radius 2 is 2.05 bits per heavy atom. The molecule has 0 saturated carbocycles. The highest BCUT2D eigenvalue weighted by Gasteiger charge is 2.12. The number of halogens is 2. The van der Waals surface area contributed by atoms with Gasteiger partial charge in [0.1, 0.15) is 5.82 Å². The summed E-state index contributed by atoms with van der Waals surface area (Å²) in [6.07, 6.45) is 1.62. The number of aromatic nitrogens is 3. The number of benzene rings is 1. The minimum atomic E-state index is -0.495. The fraction of sp³-hybridized carbons (Fsp3) is 0.0714. The van der Waals surface area contributed by atoms with Crippen LogP contribution >= 0.6 is 11.6 Å². The first-order valence-corrected chi connectivity index (χ1v) is 6.49. The monoisotopic (exact) mass is 304 g/mol. The van der Waals surface area contributed by atoms with Gasteiger partial charge < -0.3 is 10.3 Å². The molecule has 0 spiro atoms. The molecule has 0 aliphatic heterocycles. The second kappa shape index (κ2) is 5.59. The summed E-state index contributed by atoms with van der Waals surface area (Å²) in [5.41, 5.74) is 7.56. The molecule has 21 heavy (non-hydrogen) atoms. The molecular formula is C14H10ClFN4O. The van der Waals surface area contributed by atoms with E-state index in [0.29, 0.717) is 23.8 Å². The van der Waals surface area contributed by atoms with Gasteiger partial charge in [-0.3, -0.25) is 4.98 Å². The van der Waals surface area contributed by atoms with Gasteiger partial charge in [-0.1, -0.05) is 16.8 Å². The summed E-state index contributed by atoms with van der Waals surface area (Å²) in [4.78, 5) is 8.37. The lowest BCUT2D eigenvalue weighted by molar-refractivity contribution is 0.432. The average Bonchev–Trinajstić information content (AvgIpc) is 3.00. The van der Waals surface area contributed by atoms with Crippen molar-refractivity contribution in [2.75, 3.05) is 0 Å². The smallest absolute Gasteiger partial charge is 0.258 e. The number of nitrogens with two attached hydrogens (primary N) is 1. The number of nitrogens with zero attached hydrogens (tertiary/aromatic N) is 3. The van der Waals surface area contributed by atoms with Gasteiger partial charge in [-0.25, -0.2) is 4.39 Å². The number of hydrogen-bond donors (Lipinski definition) is 1. The lowest BCUT2D eigenvalue weighted by atomic mass is 10.2. The number of pyridine rings is 1. The Labute approximate surface area is 124 Å². The highest BCUT2D eigenvalue weighted by atomic mass is 35.5. The van der Waals surface area contributed by atoms with Crippen molar-refractivity contribution in [3.05, 3.63) is 53.1 Å². The van der Waals surface area contributed by atoms with Crippen LogP contribution in [0.15, 0.2) is 41.1 Å². The highest BCUT2D eigenvalue weighted by Crippen LogP contribution is 2.25. The van der Waals surface area contributed by atoms with Gasteiger partial charge in [0.2, 0.25) is 5.82 Å². The molecule has 0 aliphatic carbocycles. The molecule has 106 valence electrons. The molecule has 3 aromatic rings. The molecule has 0 bridgehead atoms. The van der Waals surface area contributed by atoms with Gasteiger partial charge in [0, 0.05) is 23.9 Å². The summed E-state index contributed by atoms with van der Waals surface area (Å²) >= 11 is 5.74. The van der Waals surface area contributed by atoms with Crippen LogP contribution in [0.2, 0.25) is 5.02 Å². The summed E-state index contributed by atoms with van der Waals surface area (Å²) in [5, 5.41) is 3.88. The molecule has 0 radical (unpaired) electrons. The van der Waals surface area contributed by atoms with Crippen molar-refractivity contribution in [3.63, 3.8) is 0 Å². The van der Waals surface area contributed by atoms with Crippen molar-refractivity contribution in [1.82, 2.24) is 15.1 Å². The number of hydrogen-bond acceptors (Lipinski definition) is 5. The van der Waals surface area contributed by atoms with E-state index in [9.17, 15) is 4.39 Å². The van der Waals surface area contributed by atoms with Crippen LogP contribution in [0.1, 0.15) is 5.69 Å². The van der Waals surface area contributed by atoms with Gasteiger partial charge in [0.15, 0.2) is 0 Å². The van der Waals surface area contributed by atoms with Crippen molar-refractivity contribution in [2.24, 2.45) is 5.73 Å². The summed E-state index contributed by atoms with van der Waals surface area (Å²) in [5.74, 6) is 0.173. The maximum Gasteiger partial charge on any atom is 0.258 e. The first-order valence-electron chi connectivity index (χ1n) is 6.12. The van der Waals surface area contributed by atoms with Crippen molar-refractivity contribution in [1.29, 1.82) is 0 Å². The zero-order valence-corrected chi connectivity index (χ0v) is 11.5. The zero-order chi connectivity index (χ0) is 14.8. The van der Waals surface area contributed by atoms with Crippen LogP contribution < -0.4 is 5.73 Å². The Morgan fingerprint density at radius 3 is 2.81 bits per heavy atom. The Morgan fingerprint density at radius 1 is 1.19 bits per heavy atom. The van der Waals surface area contributed by atoms with E-state index in [4.69, 9.17) is 21.9 Å². The van der Waals surface area contributed by atoms with E-state index >= 15 is 0 Å². The molecular weight excluding hydrogens is 295 g/mol. The first kappa shape index (κ1) is 13.7. The van der Waals surface area contributed by atoms with E-state index in [2.05, 4.69) is 15.1 Å². The molecule has 5 nitrogen and oxygen atoms in total. The van der Waals surface area contributed by atoms with Crippen molar-refractivity contribution < 1.29 is 8.91 Å². The van der Waals surface area contributed by atoms with Crippen molar-refractivity contribution in [2.45, 2.75) is 6.54 Å². The summed E-state index contributed by atoms with van der Waals surface area (Å²) < 4.78 is 18.4. The van der Waals surface area contributed by atoms with Crippen molar-refractivity contribution >= 4 is 11.6 Å². The van der Waals surface area contributed by atoms with Gasteiger partial charge in [-0.2, -0.15) is 4.98 Å². The minimum absolute atomic E-state index is 0.00757. The predicted molar refractivity (Wildman–Crippen MR) is 75.8 cm³/mol. The normalized spacial score (nSPS) is 10.8. The quantitative estimate of drug-likeness (QED) is 0.804. The molecule has 2 N–H and O–H groups in total. The Hall–Kier alpha value is -2.31. The predicted octanol–water partition coefficient (Wildman–Crippen LogP) is 3.05. The average molecular weight is 305 g/mol. The van der Waals surface area contributed by atoms with Crippen LogP contribution in [-0.4, -0.2) is 15.1 Å². The van der Waals surface area contributed by atoms with Gasteiger partial charge in [0.05, 0.1) is 10.7 Å².